The molecule has 0 unspecified atom stereocenters. The lowest BCUT2D eigenvalue weighted by Crippen LogP contribution is -2.42. The van der Waals surface area contributed by atoms with Crippen LogP contribution >= 0.6 is 0 Å². The van der Waals surface area contributed by atoms with E-state index in [1.165, 1.54) is 0 Å². The van der Waals surface area contributed by atoms with Gasteiger partial charge in [-0.3, -0.25) is 10.1 Å². The molecule has 0 saturated carbocycles. The number of carbonyl (C=O) groups is 2. The molecule has 128 valence electrons. The molecule has 0 fully saturated rings. The van der Waals surface area contributed by atoms with E-state index in [4.69, 9.17) is 4.74 Å². The van der Waals surface area contributed by atoms with Crippen molar-refractivity contribution in [3.05, 3.63) is 65.2 Å². The van der Waals surface area contributed by atoms with Crippen LogP contribution in [0.1, 0.15) is 23.6 Å². The Balaban J connectivity index is 1.82. The highest BCUT2D eigenvalue weighted by Crippen LogP contribution is 2.27. The molecule has 0 saturated heterocycles. The monoisotopic (exact) mass is 337 g/mol. The van der Waals surface area contributed by atoms with Crippen LogP contribution in [0.3, 0.4) is 0 Å². The van der Waals surface area contributed by atoms with Crippen LogP contribution in [0.5, 0.6) is 0 Å². The summed E-state index contributed by atoms with van der Waals surface area (Å²) in [5.41, 5.74) is 3.86. The van der Waals surface area contributed by atoms with Crippen molar-refractivity contribution in [2.75, 3.05) is 13.2 Å². The molecule has 1 aliphatic heterocycles. The van der Waals surface area contributed by atoms with Crippen molar-refractivity contribution in [1.82, 2.24) is 10.6 Å². The SMILES string of the molecule is CCOC(=O)CNC(=O)NC1=Nc2ccccc2Cc2ccccc21. The number of nitrogens with one attached hydrogen (secondary N) is 2. The van der Waals surface area contributed by atoms with Crippen molar-refractivity contribution < 1.29 is 14.3 Å². The largest absolute Gasteiger partial charge is 0.465 e. The fourth-order valence-corrected chi connectivity index (χ4v) is 2.67. The van der Waals surface area contributed by atoms with Crippen molar-refractivity contribution in [3.8, 4) is 0 Å². The van der Waals surface area contributed by atoms with Gasteiger partial charge in [0.25, 0.3) is 0 Å². The number of rotatable bonds is 3. The lowest BCUT2D eigenvalue weighted by Gasteiger charge is -2.11. The molecule has 2 N–H and O–H groups in total. The summed E-state index contributed by atoms with van der Waals surface area (Å²) in [6.07, 6.45) is 0.742. The normalized spacial score (nSPS) is 12.1. The zero-order valence-corrected chi connectivity index (χ0v) is 13.9. The molecule has 0 aliphatic carbocycles. The molecule has 0 aromatic heterocycles. The van der Waals surface area contributed by atoms with Crippen molar-refractivity contribution in [3.63, 3.8) is 0 Å². The molecule has 0 atom stereocenters. The maximum absolute atomic E-state index is 12.1. The van der Waals surface area contributed by atoms with Crippen LogP contribution in [0, 0.1) is 0 Å². The average Bonchev–Trinajstić information content (AvgIpc) is 2.77. The molecular formula is C19H19N3O3. The fraction of sp³-hybridized carbons (Fsp3) is 0.211. The van der Waals surface area contributed by atoms with Gasteiger partial charge in [0.1, 0.15) is 12.4 Å². The van der Waals surface area contributed by atoms with Gasteiger partial charge >= 0.3 is 12.0 Å². The van der Waals surface area contributed by atoms with E-state index >= 15 is 0 Å². The van der Waals surface area contributed by atoms with E-state index in [9.17, 15) is 9.59 Å². The van der Waals surface area contributed by atoms with Gasteiger partial charge in [-0.25, -0.2) is 9.79 Å². The predicted octanol–water partition coefficient (Wildman–Crippen LogP) is 2.53. The van der Waals surface area contributed by atoms with Gasteiger partial charge in [0.15, 0.2) is 0 Å². The van der Waals surface area contributed by atoms with E-state index in [1.807, 2.05) is 48.5 Å². The van der Waals surface area contributed by atoms with E-state index < -0.39 is 12.0 Å². The summed E-state index contributed by atoms with van der Waals surface area (Å²) in [6, 6.07) is 15.1. The Kier molecular flexibility index (Phi) is 5.09. The van der Waals surface area contributed by atoms with Gasteiger partial charge in [-0.05, 0) is 24.1 Å². The number of amides is 2. The molecule has 6 heteroatoms. The number of para-hydroxylation sites is 1. The summed E-state index contributed by atoms with van der Waals surface area (Å²) >= 11 is 0. The first-order chi connectivity index (χ1) is 12.2. The van der Waals surface area contributed by atoms with Gasteiger partial charge in [-0.15, -0.1) is 0 Å². The van der Waals surface area contributed by atoms with Gasteiger partial charge in [0, 0.05) is 12.0 Å². The quantitative estimate of drug-likeness (QED) is 0.845. The molecule has 3 rings (SSSR count). The van der Waals surface area contributed by atoms with E-state index in [0.29, 0.717) is 5.84 Å². The van der Waals surface area contributed by atoms with Crippen molar-refractivity contribution >= 4 is 23.5 Å². The van der Waals surface area contributed by atoms with Crippen molar-refractivity contribution in [2.24, 2.45) is 4.99 Å². The Bertz CT molecular complexity index is 830. The van der Waals surface area contributed by atoms with Gasteiger partial charge in [0.05, 0.1) is 12.3 Å². The Morgan fingerprint density at radius 1 is 1.08 bits per heavy atom. The van der Waals surface area contributed by atoms with Crippen LogP contribution in [0.25, 0.3) is 0 Å². The summed E-state index contributed by atoms with van der Waals surface area (Å²) in [7, 11) is 0. The minimum atomic E-state index is -0.499. The fourth-order valence-electron chi connectivity index (χ4n) is 2.67. The Hall–Kier alpha value is -3.15. The molecule has 0 radical (unpaired) electrons. The molecule has 0 bridgehead atoms. The third kappa shape index (κ3) is 4.03. The van der Waals surface area contributed by atoms with Gasteiger partial charge in [-0.1, -0.05) is 42.5 Å². The summed E-state index contributed by atoms with van der Waals surface area (Å²) in [5.74, 6) is -0.0203. The van der Waals surface area contributed by atoms with Gasteiger partial charge < -0.3 is 10.1 Å². The molecule has 0 spiro atoms. The molecule has 2 aromatic rings. The molecule has 1 heterocycles. The highest BCUT2D eigenvalue weighted by atomic mass is 16.5. The number of aliphatic imine (C=N–C) groups is 1. The summed E-state index contributed by atoms with van der Waals surface area (Å²) in [6.45, 7) is 1.80. The first-order valence-electron chi connectivity index (χ1n) is 8.12. The number of hydrogen-bond donors (Lipinski definition) is 2. The summed E-state index contributed by atoms with van der Waals surface area (Å²) in [5, 5.41) is 5.23. The van der Waals surface area contributed by atoms with Crippen LogP contribution in [0.15, 0.2) is 53.5 Å². The molecule has 2 aromatic carbocycles. The number of nitrogens with zero attached hydrogens (tertiary/aromatic N) is 1. The topological polar surface area (TPSA) is 79.8 Å². The van der Waals surface area contributed by atoms with E-state index in [2.05, 4.69) is 15.6 Å². The van der Waals surface area contributed by atoms with Crippen LogP contribution in [-0.4, -0.2) is 31.0 Å². The second-order valence-corrected chi connectivity index (χ2v) is 5.54. The number of esters is 1. The van der Waals surface area contributed by atoms with Crippen LogP contribution < -0.4 is 10.6 Å². The predicted molar refractivity (Wildman–Crippen MR) is 95.1 cm³/mol. The van der Waals surface area contributed by atoms with Crippen molar-refractivity contribution in [2.45, 2.75) is 13.3 Å². The minimum Gasteiger partial charge on any atom is -0.465 e. The van der Waals surface area contributed by atoms with Crippen LogP contribution in [0.4, 0.5) is 10.5 Å². The van der Waals surface area contributed by atoms with E-state index in [1.54, 1.807) is 6.92 Å². The molecule has 1 aliphatic rings. The Morgan fingerprint density at radius 2 is 1.80 bits per heavy atom. The first-order valence-corrected chi connectivity index (χ1v) is 8.12. The third-order valence-electron chi connectivity index (χ3n) is 3.81. The third-order valence-corrected chi connectivity index (χ3v) is 3.81. The highest BCUT2D eigenvalue weighted by Gasteiger charge is 2.18. The second-order valence-electron chi connectivity index (χ2n) is 5.54. The molecule has 2 amide bonds. The maximum atomic E-state index is 12.1. The molecular weight excluding hydrogens is 318 g/mol. The lowest BCUT2D eigenvalue weighted by atomic mass is 10.00. The number of hydrogen-bond acceptors (Lipinski definition) is 4. The van der Waals surface area contributed by atoms with Gasteiger partial charge in [0.2, 0.25) is 0 Å². The number of benzene rings is 2. The number of amidine groups is 1. The highest BCUT2D eigenvalue weighted by molar-refractivity contribution is 6.10. The smallest absolute Gasteiger partial charge is 0.325 e. The number of fused-ring (bicyclic) bond motifs is 2. The zero-order valence-electron chi connectivity index (χ0n) is 13.9. The Morgan fingerprint density at radius 3 is 2.60 bits per heavy atom. The number of urea groups is 1. The maximum Gasteiger partial charge on any atom is 0.325 e. The first kappa shape index (κ1) is 16.7. The Labute approximate surface area is 145 Å². The summed E-state index contributed by atoms with van der Waals surface area (Å²) in [4.78, 5) is 28.1. The van der Waals surface area contributed by atoms with Gasteiger partial charge in [-0.2, -0.15) is 0 Å². The number of carbonyl (C=O) groups excluding carboxylic acids is 2. The standard InChI is InChI=1S/C19H19N3O3/c1-2-25-17(23)12-20-19(24)22-18-15-9-5-3-7-13(15)11-14-8-4-6-10-16(14)21-18/h3-10H,2,11-12H2,1H3,(H2,20,21,22,24). The van der Waals surface area contributed by atoms with E-state index in [-0.39, 0.29) is 13.2 Å². The van der Waals surface area contributed by atoms with Crippen LogP contribution in [0.2, 0.25) is 0 Å². The number of ether oxygens (including phenoxy) is 1. The summed E-state index contributed by atoms with van der Waals surface area (Å²) < 4.78 is 4.79. The minimum absolute atomic E-state index is 0.189. The second kappa shape index (κ2) is 7.61. The average molecular weight is 337 g/mol. The lowest BCUT2D eigenvalue weighted by molar-refractivity contribution is -0.141. The molecule has 6 nitrogen and oxygen atoms in total. The zero-order chi connectivity index (χ0) is 17.6. The molecule has 25 heavy (non-hydrogen) atoms. The van der Waals surface area contributed by atoms with E-state index in [0.717, 1.165) is 28.8 Å². The van der Waals surface area contributed by atoms with Crippen molar-refractivity contribution in [1.29, 1.82) is 0 Å². The van der Waals surface area contributed by atoms with Crippen LogP contribution in [-0.2, 0) is 16.0 Å².